The third-order valence-electron chi connectivity index (χ3n) is 5.14. The molecule has 0 saturated heterocycles. The zero-order chi connectivity index (χ0) is 21.3. The first-order chi connectivity index (χ1) is 14.5. The highest BCUT2D eigenvalue weighted by Crippen LogP contribution is 2.25. The number of carboxylic acid groups (broad SMARTS) is 1. The van der Waals surface area contributed by atoms with Crippen LogP contribution in [-0.2, 0) is 13.0 Å². The Balaban J connectivity index is 1.61. The number of nitrogens with one attached hydrogen (secondary N) is 1. The van der Waals surface area contributed by atoms with Gasteiger partial charge >= 0.3 is 12.1 Å². The molecule has 0 aliphatic heterocycles. The molecule has 2 N–H and O–H groups in total. The lowest BCUT2D eigenvalue weighted by Gasteiger charge is -2.07. The molecule has 4 aromatic rings. The van der Waals surface area contributed by atoms with Crippen molar-refractivity contribution < 1.29 is 14.7 Å². The molecule has 3 aromatic heterocycles. The summed E-state index contributed by atoms with van der Waals surface area (Å²) in [6.07, 6.45) is 2.50. The number of carbonyl (C=O) groups excluding carboxylic acids is 1. The fraction of sp³-hybridized carbons (Fsp3) is 0.182. The Hall–Kier alpha value is -3.94. The van der Waals surface area contributed by atoms with Crippen molar-refractivity contribution >= 4 is 23.2 Å². The minimum absolute atomic E-state index is 0.305. The highest BCUT2D eigenvalue weighted by molar-refractivity contribution is 5.89. The first-order valence-electron chi connectivity index (χ1n) is 9.51. The normalized spacial score (nSPS) is 11.0. The van der Waals surface area contributed by atoms with Gasteiger partial charge in [0, 0.05) is 42.0 Å². The van der Waals surface area contributed by atoms with Gasteiger partial charge in [0.2, 0.25) is 0 Å². The van der Waals surface area contributed by atoms with E-state index in [0.717, 1.165) is 38.0 Å². The molecule has 0 radical (unpaired) electrons. The minimum atomic E-state index is -1.09. The van der Waals surface area contributed by atoms with Crippen LogP contribution in [0.3, 0.4) is 0 Å². The maximum absolute atomic E-state index is 12.7. The number of nitrogens with zero attached hydrogens (tertiary/aromatic N) is 4. The summed E-state index contributed by atoms with van der Waals surface area (Å²) in [6.45, 7) is 4.09. The van der Waals surface area contributed by atoms with Crippen LogP contribution in [0.1, 0.15) is 28.1 Å². The molecule has 0 aliphatic rings. The quantitative estimate of drug-likeness (QED) is 0.541. The van der Waals surface area contributed by atoms with Crippen LogP contribution < -0.4 is 5.32 Å². The SMILES string of the molecule is Cc1nn(C(=O)NCc2ccccc2)c(C)c1Cc1cn(C(=O)O)c2ncccc12. The molecule has 0 spiro atoms. The molecule has 0 atom stereocenters. The largest absolute Gasteiger partial charge is 0.464 e. The number of hydrogen-bond donors (Lipinski definition) is 2. The molecule has 0 unspecified atom stereocenters. The summed E-state index contributed by atoms with van der Waals surface area (Å²) in [7, 11) is 0. The highest BCUT2D eigenvalue weighted by atomic mass is 16.4. The van der Waals surface area contributed by atoms with Crippen molar-refractivity contribution in [3.8, 4) is 0 Å². The predicted octanol–water partition coefficient (Wildman–Crippen LogP) is 3.72. The van der Waals surface area contributed by atoms with Gasteiger partial charge in [-0.1, -0.05) is 30.3 Å². The fourth-order valence-corrected chi connectivity index (χ4v) is 3.58. The standard InChI is InChI=1S/C22H21N5O3/c1-14-19(11-17-13-26(22(29)30)20-18(17)9-6-10-23-20)15(2)27(25-14)21(28)24-12-16-7-4-3-5-8-16/h3-10,13H,11-12H2,1-2H3,(H,24,28)(H,29,30). The van der Waals surface area contributed by atoms with E-state index in [1.165, 1.54) is 4.68 Å². The number of fused-ring (bicyclic) bond motifs is 1. The summed E-state index contributed by atoms with van der Waals surface area (Å²) in [4.78, 5) is 28.4. The zero-order valence-electron chi connectivity index (χ0n) is 16.7. The Morgan fingerprint density at radius 2 is 1.87 bits per heavy atom. The Morgan fingerprint density at radius 3 is 2.60 bits per heavy atom. The Morgan fingerprint density at radius 1 is 1.10 bits per heavy atom. The molecule has 0 aliphatic carbocycles. The lowest BCUT2D eigenvalue weighted by Crippen LogP contribution is -2.29. The predicted molar refractivity (Wildman–Crippen MR) is 112 cm³/mol. The van der Waals surface area contributed by atoms with Crippen LogP contribution >= 0.6 is 0 Å². The van der Waals surface area contributed by atoms with E-state index in [4.69, 9.17) is 0 Å². The second kappa shape index (κ2) is 7.82. The smallest absolute Gasteiger partial charge is 0.417 e. The molecular weight excluding hydrogens is 382 g/mol. The monoisotopic (exact) mass is 403 g/mol. The minimum Gasteiger partial charge on any atom is -0.464 e. The third kappa shape index (κ3) is 3.55. The van der Waals surface area contributed by atoms with E-state index >= 15 is 0 Å². The molecule has 0 fully saturated rings. The highest BCUT2D eigenvalue weighted by Gasteiger charge is 2.20. The lowest BCUT2D eigenvalue weighted by atomic mass is 10.0. The number of hydrogen-bond acceptors (Lipinski definition) is 4. The molecule has 1 aromatic carbocycles. The van der Waals surface area contributed by atoms with Crippen LogP contribution in [0.25, 0.3) is 11.0 Å². The maximum atomic E-state index is 12.7. The Kier molecular flexibility index (Phi) is 5.05. The second-order valence-corrected chi connectivity index (χ2v) is 7.06. The van der Waals surface area contributed by atoms with Crippen LogP contribution in [0.2, 0.25) is 0 Å². The number of aromatic nitrogens is 4. The summed E-state index contributed by atoms with van der Waals surface area (Å²) in [5.74, 6) is 0. The van der Waals surface area contributed by atoms with E-state index in [1.807, 2.05) is 50.2 Å². The van der Waals surface area contributed by atoms with Crippen LogP contribution in [0.5, 0.6) is 0 Å². The van der Waals surface area contributed by atoms with Gasteiger partial charge < -0.3 is 10.4 Å². The summed E-state index contributed by atoms with van der Waals surface area (Å²) in [5.41, 5.74) is 4.54. The van der Waals surface area contributed by atoms with E-state index in [1.54, 1.807) is 18.5 Å². The van der Waals surface area contributed by atoms with E-state index in [2.05, 4.69) is 15.4 Å². The number of carbonyl (C=O) groups is 2. The van der Waals surface area contributed by atoms with Crippen molar-refractivity contribution in [3.05, 3.63) is 82.9 Å². The Labute approximate surface area is 172 Å². The summed E-state index contributed by atoms with van der Waals surface area (Å²) >= 11 is 0. The van der Waals surface area contributed by atoms with Crippen molar-refractivity contribution in [1.82, 2.24) is 24.6 Å². The van der Waals surface area contributed by atoms with Gasteiger partial charge in [0.15, 0.2) is 0 Å². The first kappa shape index (κ1) is 19.4. The number of rotatable bonds is 4. The van der Waals surface area contributed by atoms with Crippen molar-refractivity contribution in [1.29, 1.82) is 0 Å². The fourth-order valence-electron chi connectivity index (χ4n) is 3.58. The summed E-state index contributed by atoms with van der Waals surface area (Å²) < 4.78 is 2.48. The van der Waals surface area contributed by atoms with E-state index in [9.17, 15) is 14.7 Å². The lowest BCUT2D eigenvalue weighted by molar-refractivity contribution is 0.197. The van der Waals surface area contributed by atoms with E-state index < -0.39 is 6.09 Å². The topological polar surface area (TPSA) is 102 Å². The van der Waals surface area contributed by atoms with Crippen molar-refractivity contribution in [2.75, 3.05) is 0 Å². The molecule has 0 saturated carbocycles. The molecule has 30 heavy (non-hydrogen) atoms. The number of pyridine rings is 1. The van der Waals surface area contributed by atoms with Crippen LogP contribution in [0.15, 0.2) is 54.9 Å². The van der Waals surface area contributed by atoms with Gasteiger partial charge in [-0.3, -0.25) is 0 Å². The second-order valence-electron chi connectivity index (χ2n) is 7.06. The average molecular weight is 403 g/mol. The van der Waals surface area contributed by atoms with Gasteiger partial charge in [-0.25, -0.2) is 19.1 Å². The van der Waals surface area contributed by atoms with Crippen LogP contribution in [-0.4, -0.2) is 36.6 Å². The number of benzene rings is 1. The van der Waals surface area contributed by atoms with Crippen LogP contribution in [0, 0.1) is 13.8 Å². The molecular formula is C22H21N5O3. The van der Waals surface area contributed by atoms with Crippen molar-refractivity contribution in [3.63, 3.8) is 0 Å². The molecule has 152 valence electrons. The van der Waals surface area contributed by atoms with Crippen molar-refractivity contribution in [2.45, 2.75) is 26.8 Å². The van der Waals surface area contributed by atoms with Gasteiger partial charge in [0.1, 0.15) is 5.65 Å². The van der Waals surface area contributed by atoms with Gasteiger partial charge in [0.05, 0.1) is 5.69 Å². The summed E-state index contributed by atoms with van der Waals surface area (Å²) in [6, 6.07) is 13.0. The molecule has 8 heteroatoms. The molecule has 8 nitrogen and oxygen atoms in total. The van der Waals surface area contributed by atoms with Gasteiger partial charge in [-0.15, -0.1) is 0 Å². The van der Waals surface area contributed by atoms with Crippen LogP contribution in [0.4, 0.5) is 9.59 Å². The molecule has 0 bridgehead atoms. The first-order valence-corrected chi connectivity index (χ1v) is 9.51. The van der Waals surface area contributed by atoms with Gasteiger partial charge in [-0.05, 0) is 37.1 Å². The summed E-state index contributed by atoms with van der Waals surface area (Å²) in [5, 5.41) is 17.5. The Bertz CT molecular complexity index is 1240. The number of amides is 1. The zero-order valence-corrected chi connectivity index (χ0v) is 16.7. The molecule has 1 amide bonds. The third-order valence-corrected chi connectivity index (χ3v) is 5.14. The van der Waals surface area contributed by atoms with Gasteiger partial charge in [-0.2, -0.15) is 9.78 Å². The maximum Gasteiger partial charge on any atom is 0.417 e. The average Bonchev–Trinajstić information content (AvgIpc) is 3.26. The number of aryl methyl sites for hydroxylation is 1. The van der Waals surface area contributed by atoms with Gasteiger partial charge in [0.25, 0.3) is 0 Å². The molecule has 4 rings (SSSR count). The van der Waals surface area contributed by atoms with Crippen molar-refractivity contribution in [2.24, 2.45) is 0 Å². The van der Waals surface area contributed by atoms with E-state index in [-0.39, 0.29) is 6.03 Å². The van der Waals surface area contributed by atoms with E-state index in [0.29, 0.717) is 18.6 Å². The molecule has 3 heterocycles.